The van der Waals surface area contributed by atoms with Crippen molar-refractivity contribution in [1.82, 2.24) is 40.1 Å². The van der Waals surface area contributed by atoms with Crippen LogP contribution >= 0.6 is 22.9 Å². The highest BCUT2D eigenvalue weighted by Gasteiger charge is 2.44. The van der Waals surface area contributed by atoms with Crippen LogP contribution in [-0.4, -0.2) is 153 Å². The number of aliphatic hydroxyl groups is 1. The smallest absolute Gasteiger partial charge is 0.319 e. The Labute approximate surface area is 478 Å². The van der Waals surface area contributed by atoms with Crippen LogP contribution in [0.1, 0.15) is 75.9 Å². The number of carbonyl (C=O) groups excluding carboxylic acids is 3. The van der Waals surface area contributed by atoms with Crippen LogP contribution in [0, 0.1) is 18.7 Å². The maximum atomic E-state index is 17.2. The minimum absolute atomic E-state index is 0.00185. The lowest BCUT2D eigenvalue weighted by molar-refractivity contribution is -0.141. The van der Waals surface area contributed by atoms with Gasteiger partial charge in [-0.05, 0) is 96.4 Å². The van der Waals surface area contributed by atoms with Crippen molar-refractivity contribution < 1.29 is 47.7 Å². The summed E-state index contributed by atoms with van der Waals surface area (Å²) < 4.78 is 41.4. The third kappa shape index (κ3) is 12.6. The number of thiazole rings is 1. The number of halogens is 2. The zero-order chi connectivity index (χ0) is 57.1. The summed E-state index contributed by atoms with van der Waals surface area (Å²) in [5, 5.41) is 30.5. The maximum Gasteiger partial charge on any atom is 0.319 e. The molecule has 3 fully saturated rings. The van der Waals surface area contributed by atoms with Crippen LogP contribution in [0.3, 0.4) is 0 Å². The highest BCUT2D eigenvalue weighted by atomic mass is 35.5. The number of phenolic OH excluding ortho intramolecular Hbond substituents is 1. The van der Waals surface area contributed by atoms with Gasteiger partial charge in [-0.1, -0.05) is 80.6 Å². The zero-order valence-corrected chi connectivity index (χ0v) is 47.6. The number of piperidine rings is 1. The number of phenols is 1. The first-order valence-electron chi connectivity index (χ1n) is 27.5. The van der Waals surface area contributed by atoms with Crippen LogP contribution in [0.25, 0.3) is 43.2 Å². The van der Waals surface area contributed by atoms with E-state index in [0.717, 1.165) is 53.0 Å². The van der Waals surface area contributed by atoms with Gasteiger partial charge in [0.1, 0.15) is 41.8 Å². The second-order valence-corrected chi connectivity index (χ2v) is 22.7. The number of benzene rings is 4. The number of aliphatic hydroxyl groups excluding tert-OH is 1. The van der Waals surface area contributed by atoms with E-state index in [1.807, 2.05) is 93.6 Å². The molecule has 5 atom stereocenters. The van der Waals surface area contributed by atoms with E-state index in [0.29, 0.717) is 67.2 Å². The van der Waals surface area contributed by atoms with Crippen molar-refractivity contribution in [2.75, 3.05) is 70.5 Å². The molecular formula is C60H67ClFN9O9S. The number of nitrogens with one attached hydrogen (secondary N) is 1. The normalized spacial score (nSPS) is 18.4. The Kier molecular flexibility index (Phi) is 17.5. The average molecular weight is 1140 g/mol. The highest BCUT2D eigenvalue weighted by Crippen LogP contribution is 2.43. The number of hydrogen-bond acceptors (Lipinski definition) is 16. The number of anilines is 1. The molecule has 21 heteroatoms. The molecular weight excluding hydrogens is 1080 g/mol. The fourth-order valence-corrected chi connectivity index (χ4v) is 12.4. The molecule has 3 saturated heterocycles. The van der Waals surface area contributed by atoms with Crippen molar-refractivity contribution in [3.05, 3.63) is 119 Å². The van der Waals surface area contributed by atoms with Gasteiger partial charge in [-0.3, -0.25) is 19.3 Å². The van der Waals surface area contributed by atoms with Crippen molar-refractivity contribution in [3.63, 3.8) is 0 Å². The number of aromatic hydroxyl groups is 1. The summed E-state index contributed by atoms with van der Waals surface area (Å²) in [6.07, 6.45) is 1.67. The molecule has 4 aromatic carbocycles. The Morgan fingerprint density at radius 1 is 0.963 bits per heavy atom. The van der Waals surface area contributed by atoms with Gasteiger partial charge in [0, 0.05) is 75.8 Å². The first kappa shape index (κ1) is 57.0. The Bertz CT molecular complexity index is 3420. The van der Waals surface area contributed by atoms with Gasteiger partial charge < -0.3 is 49.0 Å². The van der Waals surface area contributed by atoms with Crippen LogP contribution in [0.15, 0.2) is 95.5 Å². The highest BCUT2D eigenvalue weighted by molar-refractivity contribution is 7.13. The molecule has 10 rings (SSSR count). The van der Waals surface area contributed by atoms with Crippen LogP contribution < -0.4 is 19.7 Å². The van der Waals surface area contributed by atoms with E-state index in [1.54, 1.807) is 34.4 Å². The summed E-state index contributed by atoms with van der Waals surface area (Å²) in [5.74, 6) is -1.62. The molecule has 7 aromatic rings. The molecule has 3 aromatic heterocycles. The second-order valence-electron chi connectivity index (χ2n) is 21.5. The summed E-state index contributed by atoms with van der Waals surface area (Å²) in [5.41, 5.74) is 5.27. The predicted octanol–water partition coefficient (Wildman–Crippen LogP) is 9.11. The maximum absolute atomic E-state index is 17.2. The number of piperazine rings is 1. The van der Waals surface area contributed by atoms with Gasteiger partial charge in [0.15, 0.2) is 11.6 Å². The van der Waals surface area contributed by atoms with Crippen molar-refractivity contribution in [1.29, 1.82) is 0 Å². The van der Waals surface area contributed by atoms with Gasteiger partial charge in [-0.2, -0.15) is 9.97 Å². The number of ether oxygens (including phenoxy) is 3. The van der Waals surface area contributed by atoms with Gasteiger partial charge in [0.05, 0.1) is 46.0 Å². The fourth-order valence-electron chi connectivity index (χ4n) is 11.3. The van der Waals surface area contributed by atoms with E-state index in [9.17, 15) is 24.6 Å². The minimum atomic E-state index is -0.868. The van der Waals surface area contributed by atoms with Crippen molar-refractivity contribution in [2.45, 2.75) is 90.2 Å². The number of hydrogen-bond donors (Lipinski definition) is 3. The summed E-state index contributed by atoms with van der Waals surface area (Å²) in [6.45, 7) is 17.4. The zero-order valence-electron chi connectivity index (χ0n) is 46.0. The molecule has 0 spiro atoms. The summed E-state index contributed by atoms with van der Waals surface area (Å²) in [7, 11) is 0. The van der Waals surface area contributed by atoms with E-state index in [1.165, 1.54) is 17.0 Å². The third-order valence-electron chi connectivity index (χ3n) is 15.5. The van der Waals surface area contributed by atoms with E-state index in [4.69, 9.17) is 35.3 Å². The monoisotopic (exact) mass is 1140 g/mol. The summed E-state index contributed by atoms with van der Waals surface area (Å²) >= 11 is 8.52. The second kappa shape index (κ2) is 24.9. The molecule has 18 nitrogen and oxygen atoms in total. The first-order chi connectivity index (χ1) is 39.0. The molecule has 3 aliphatic heterocycles. The molecule has 3 N–H and O–H groups in total. The quantitative estimate of drug-likeness (QED) is 0.0510. The van der Waals surface area contributed by atoms with E-state index in [2.05, 4.69) is 31.9 Å². The van der Waals surface area contributed by atoms with Crippen LogP contribution in [0.2, 0.25) is 5.02 Å². The lowest BCUT2D eigenvalue weighted by Crippen LogP contribution is -2.48. The molecule has 426 valence electrons. The topological polar surface area (TPSA) is 209 Å². The van der Waals surface area contributed by atoms with Crippen LogP contribution in [0.5, 0.6) is 17.6 Å². The Hall–Kier alpha value is -7.23. The Morgan fingerprint density at radius 2 is 1.72 bits per heavy atom. The van der Waals surface area contributed by atoms with Gasteiger partial charge in [-0.15, -0.1) is 11.3 Å². The van der Waals surface area contributed by atoms with Gasteiger partial charge in [0.2, 0.25) is 17.7 Å². The molecule has 0 bridgehead atoms. The molecule has 0 radical (unpaired) electrons. The minimum Gasteiger partial charge on any atom is -0.508 e. The molecule has 0 saturated carbocycles. The molecule has 6 heterocycles. The fraction of sp³-hybridized carbons (Fsp3) is 0.417. The van der Waals surface area contributed by atoms with E-state index >= 15 is 4.39 Å². The van der Waals surface area contributed by atoms with Crippen LogP contribution in [-0.2, 0) is 19.1 Å². The van der Waals surface area contributed by atoms with Gasteiger partial charge in [0.25, 0.3) is 5.88 Å². The van der Waals surface area contributed by atoms with Gasteiger partial charge >= 0.3 is 6.01 Å². The number of aryl methyl sites for hydroxylation is 1. The van der Waals surface area contributed by atoms with Crippen LogP contribution in [0.4, 0.5) is 10.2 Å². The number of likely N-dealkylation sites (tertiary alicyclic amines) is 2. The predicted molar refractivity (Wildman–Crippen MR) is 308 cm³/mol. The molecule has 81 heavy (non-hydrogen) atoms. The Morgan fingerprint density at radius 3 is 2.43 bits per heavy atom. The molecule has 0 unspecified atom stereocenters. The molecule has 3 aliphatic rings. The molecule has 0 aliphatic carbocycles. The lowest BCUT2D eigenvalue weighted by Gasteiger charge is -2.35. The number of fused-ring (bicyclic) bond motifs is 2. The Balaban J connectivity index is 0.722. The average Bonchev–Trinajstić information content (AvgIpc) is 4.28. The van der Waals surface area contributed by atoms with Gasteiger partial charge in [-0.25, -0.2) is 9.37 Å². The number of aromatic nitrogens is 4. The number of amides is 3. The number of β-amino-alcohol motifs (C(OH)–C–C–N with tert-alkyl or cyclic N) is 1. The van der Waals surface area contributed by atoms with Crippen molar-refractivity contribution in [2.24, 2.45) is 5.92 Å². The van der Waals surface area contributed by atoms with E-state index < -0.39 is 30.0 Å². The van der Waals surface area contributed by atoms with Crippen molar-refractivity contribution in [3.8, 4) is 39.2 Å². The van der Waals surface area contributed by atoms with E-state index in [-0.39, 0.29) is 89.1 Å². The number of rotatable bonds is 19. The summed E-state index contributed by atoms with van der Waals surface area (Å²) in [6, 6.07) is 20.5. The standard InChI is InChI=1S/C60H67ClFN9O9S/c1-7-51(74)69-20-22-70(23-21-69)57-46-29-47(61)53(45-27-41(72)26-40-10-8-9-11-44(40)45)54(62)55(46)65-60(66-57)79-35(4)31-68-18-16-43(17-19-68)77-24-25-78-50-30-49(80-67-50)52(34(2)3)59(76)71-32-42(73)28-48(71)58(75)64-36(5)38-12-14-39(15-13-38)56-37(6)63-33-81-56/h7-15,26-27,29-30,33-36,42-43,48,52,72-73H,1,16-25,28,31-32H2,2-6H3,(H,64,75)/t35-,36+,42-,48+,52+/m1/s1. The summed E-state index contributed by atoms with van der Waals surface area (Å²) in [4.78, 5) is 62.9. The number of carbonyl (C=O) groups is 3. The SMILES string of the molecule is C=CC(=O)N1CCN(c2nc(O[C@H](C)CN3CCC(OCCOc4cc([C@@H](C(=O)N5C[C@H](O)C[C@H]5C(=O)N[C@@H](C)c5ccc(-c6scnc6C)cc5)C(C)C)on4)CC3)nc3c(F)c(-c4cc(O)cc5ccccc45)c(Cl)cc23)CC1. The largest absolute Gasteiger partial charge is 0.508 e. The number of nitrogens with zero attached hydrogens (tertiary/aromatic N) is 8. The first-order valence-corrected chi connectivity index (χ1v) is 28.8. The third-order valence-corrected chi connectivity index (χ3v) is 16.7. The molecule has 3 amide bonds. The lowest BCUT2D eigenvalue weighted by atomic mass is 9.91. The van der Waals surface area contributed by atoms with Crippen molar-refractivity contribution >= 4 is 68.2 Å².